The zero-order chi connectivity index (χ0) is 20.9. The lowest BCUT2D eigenvalue weighted by atomic mass is 10.1. The molecule has 2 rings (SSSR count). The largest absolute Gasteiger partial charge is 0.492 e. The molecule has 0 bridgehead atoms. The molecule has 0 radical (unpaired) electrons. The van der Waals surface area contributed by atoms with Crippen molar-refractivity contribution in [3.05, 3.63) is 53.6 Å². The number of esters is 1. The fourth-order valence-electron chi connectivity index (χ4n) is 2.34. The number of amides is 1. The molecule has 2 aromatic rings. The molecule has 0 atom stereocenters. The lowest BCUT2D eigenvalue weighted by Crippen LogP contribution is -2.23. The van der Waals surface area contributed by atoms with E-state index in [0.29, 0.717) is 23.4 Å². The molecule has 0 aromatic heterocycles. The molecule has 0 aliphatic heterocycles. The van der Waals surface area contributed by atoms with Crippen LogP contribution in [0.2, 0.25) is 0 Å². The Morgan fingerprint density at radius 3 is 2.18 bits per heavy atom. The molecule has 28 heavy (non-hydrogen) atoms. The number of rotatable bonds is 7. The van der Waals surface area contributed by atoms with Gasteiger partial charge in [0.1, 0.15) is 10.6 Å². The van der Waals surface area contributed by atoms with E-state index in [2.05, 4.69) is 10.1 Å². The van der Waals surface area contributed by atoms with E-state index in [9.17, 15) is 18.0 Å². The number of carbonyl (C=O) groups is 2. The fraction of sp³-hybridized carbons (Fsp3) is 0.263. The molecule has 0 saturated heterocycles. The number of anilines is 1. The molecule has 8 nitrogen and oxygen atoms in total. The van der Waals surface area contributed by atoms with Crippen LogP contribution in [0.3, 0.4) is 0 Å². The van der Waals surface area contributed by atoms with Crippen molar-refractivity contribution in [2.24, 2.45) is 0 Å². The van der Waals surface area contributed by atoms with E-state index in [0.717, 1.165) is 4.31 Å². The van der Waals surface area contributed by atoms with Gasteiger partial charge < -0.3 is 14.8 Å². The van der Waals surface area contributed by atoms with E-state index in [1.54, 1.807) is 13.0 Å². The smallest absolute Gasteiger partial charge is 0.337 e. The molecule has 9 heteroatoms. The van der Waals surface area contributed by atoms with Gasteiger partial charge in [0, 0.05) is 25.3 Å². The van der Waals surface area contributed by atoms with E-state index < -0.39 is 21.9 Å². The highest BCUT2D eigenvalue weighted by Crippen LogP contribution is 2.29. The molecule has 0 aliphatic carbocycles. The average molecular weight is 406 g/mol. The van der Waals surface area contributed by atoms with Gasteiger partial charge in [-0.3, -0.25) is 4.79 Å². The minimum atomic E-state index is -3.77. The van der Waals surface area contributed by atoms with Crippen molar-refractivity contribution in [3.8, 4) is 5.75 Å². The molecule has 1 amide bonds. The van der Waals surface area contributed by atoms with Gasteiger partial charge in [0.2, 0.25) is 10.0 Å². The summed E-state index contributed by atoms with van der Waals surface area (Å²) in [6, 6.07) is 10.3. The summed E-state index contributed by atoms with van der Waals surface area (Å²) < 4.78 is 36.2. The minimum absolute atomic E-state index is 0.0433. The summed E-state index contributed by atoms with van der Waals surface area (Å²) in [5.41, 5.74) is 0.920. The summed E-state index contributed by atoms with van der Waals surface area (Å²) in [7, 11) is 0.339. The van der Waals surface area contributed by atoms with Crippen molar-refractivity contribution in [2.75, 3.05) is 33.1 Å². The van der Waals surface area contributed by atoms with Crippen LogP contribution in [0.4, 0.5) is 5.69 Å². The van der Waals surface area contributed by atoms with E-state index in [4.69, 9.17) is 4.74 Å². The first kappa shape index (κ1) is 21.4. The zero-order valence-corrected chi connectivity index (χ0v) is 16.9. The number of methoxy groups -OCH3 is 1. The van der Waals surface area contributed by atoms with E-state index in [1.165, 1.54) is 57.6 Å². The second-order valence-corrected chi connectivity index (χ2v) is 8.03. The highest BCUT2D eigenvalue weighted by Gasteiger charge is 2.23. The van der Waals surface area contributed by atoms with Crippen molar-refractivity contribution in [3.63, 3.8) is 0 Å². The molecule has 0 aliphatic rings. The van der Waals surface area contributed by atoms with Gasteiger partial charge in [0.15, 0.2) is 0 Å². The second-order valence-electron chi connectivity index (χ2n) is 5.91. The van der Waals surface area contributed by atoms with Gasteiger partial charge in [-0.1, -0.05) is 0 Å². The normalized spacial score (nSPS) is 11.2. The molecule has 2 aromatic carbocycles. The molecule has 0 fully saturated rings. The first-order valence-corrected chi connectivity index (χ1v) is 9.83. The van der Waals surface area contributed by atoms with E-state index in [-0.39, 0.29) is 10.6 Å². The summed E-state index contributed by atoms with van der Waals surface area (Å²) in [4.78, 5) is 23.9. The zero-order valence-electron chi connectivity index (χ0n) is 16.1. The number of ether oxygens (including phenoxy) is 2. The predicted molar refractivity (Wildman–Crippen MR) is 104 cm³/mol. The molecule has 0 heterocycles. The van der Waals surface area contributed by atoms with Crippen molar-refractivity contribution in [1.29, 1.82) is 0 Å². The van der Waals surface area contributed by atoms with Crippen LogP contribution in [-0.4, -0.2) is 52.4 Å². The number of carbonyl (C=O) groups excluding carboxylic acids is 2. The van der Waals surface area contributed by atoms with Crippen molar-refractivity contribution >= 4 is 27.6 Å². The molecule has 0 unspecified atom stereocenters. The SMILES string of the molecule is CCOc1ccc(NC(=O)c2ccc(C(=O)OC)cc2)cc1S(=O)(=O)N(C)C. The molecule has 0 spiro atoms. The van der Waals surface area contributed by atoms with Gasteiger partial charge in [-0.05, 0) is 49.4 Å². The minimum Gasteiger partial charge on any atom is -0.492 e. The topological polar surface area (TPSA) is 102 Å². The van der Waals surface area contributed by atoms with Crippen LogP contribution in [0.1, 0.15) is 27.6 Å². The highest BCUT2D eigenvalue weighted by atomic mass is 32.2. The molecule has 1 N–H and O–H groups in total. The lowest BCUT2D eigenvalue weighted by molar-refractivity contribution is 0.0600. The summed E-state index contributed by atoms with van der Waals surface area (Å²) in [5.74, 6) is -0.748. The third-order valence-corrected chi connectivity index (χ3v) is 5.66. The Labute approximate surface area is 164 Å². The number of sulfonamides is 1. The number of nitrogens with one attached hydrogen (secondary N) is 1. The fourth-order valence-corrected chi connectivity index (χ4v) is 3.39. The Morgan fingerprint density at radius 1 is 1.04 bits per heavy atom. The Balaban J connectivity index is 2.31. The van der Waals surface area contributed by atoms with Gasteiger partial charge in [0.25, 0.3) is 5.91 Å². The molecular formula is C19H22N2O6S. The van der Waals surface area contributed by atoms with E-state index in [1.807, 2.05) is 0 Å². The molecular weight excluding hydrogens is 384 g/mol. The maximum Gasteiger partial charge on any atom is 0.337 e. The maximum absolute atomic E-state index is 12.6. The van der Waals surface area contributed by atoms with Crippen molar-refractivity contribution < 1.29 is 27.5 Å². The van der Waals surface area contributed by atoms with Crippen LogP contribution in [0.25, 0.3) is 0 Å². The Morgan fingerprint density at radius 2 is 1.64 bits per heavy atom. The first-order valence-electron chi connectivity index (χ1n) is 8.39. The number of nitrogens with zero attached hydrogens (tertiary/aromatic N) is 1. The highest BCUT2D eigenvalue weighted by molar-refractivity contribution is 7.89. The summed E-state index contributed by atoms with van der Waals surface area (Å²) >= 11 is 0. The van der Waals surface area contributed by atoms with Crippen LogP contribution in [0, 0.1) is 0 Å². The Hall–Kier alpha value is -2.91. The van der Waals surface area contributed by atoms with Gasteiger partial charge in [-0.25, -0.2) is 17.5 Å². The van der Waals surface area contributed by atoms with Gasteiger partial charge in [0.05, 0.1) is 19.3 Å². The van der Waals surface area contributed by atoms with Crippen LogP contribution in [0.15, 0.2) is 47.4 Å². The van der Waals surface area contributed by atoms with Crippen LogP contribution in [0.5, 0.6) is 5.75 Å². The number of hydrogen-bond donors (Lipinski definition) is 1. The van der Waals surface area contributed by atoms with Crippen molar-refractivity contribution in [2.45, 2.75) is 11.8 Å². The van der Waals surface area contributed by atoms with Crippen molar-refractivity contribution in [1.82, 2.24) is 4.31 Å². The van der Waals surface area contributed by atoms with Gasteiger partial charge in [-0.2, -0.15) is 0 Å². The second kappa shape index (κ2) is 8.85. The third kappa shape index (κ3) is 4.68. The average Bonchev–Trinajstić information content (AvgIpc) is 2.68. The third-order valence-electron chi connectivity index (χ3n) is 3.83. The Bertz CT molecular complexity index is 968. The summed E-state index contributed by atoms with van der Waals surface area (Å²) in [6.07, 6.45) is 0. The number of hydrogen-bond acceptors (Lipinski definition) is 6. The molecule has 150 valence electrons. The quantitative estimate of drug-likeness (QED) is 0.709. The molecule has 0 saturated carbocycles. The Kier molecular flexibility index (Phi) is 6.76. The van der Waals surface area contributed by atoms with Gasteiger partial charge >= 0.3 is 5.97 Å². The number of benzene rings is 2. The van der Waals surface area contributed by atoms with Gasteiger partial charge in [-0.15, -0.1) is 0 Å². The van der Waals surface area contributed by atoms with Crippen LogP contribution >= 0.6 is 0 Å². The monoisotopic (exact) mass is 406 g/mol. The summed E-state index contributed by atoms with van der Waals surface area (Å²) in [6.45, 7) is 2.05. The maximum atomic E-state index is 12.6. The first-order chi connectivity index (χ1) is 13.2. The van der Waals surface area contributed by atoms with Crippen LogP contribution in [-0.2, 0) is 14.8 Å². The standard InChI is InChI=1S/C19H22N2O6S/c1-5-27-16-11-10-15(12-17(16)28(24,25)21(2)3)20-18(22)13-6-8-14(9-7-13)19(23)26-4/h6-12H,5H2,1-4H3,(H,20,22). The van der Waals surface area contributed by atoms with E-state index >= 15 is 0 Å². The van der Waals surface area contributed by atoms with Crippen LogP contribution < -0.4 is 10.1 Å². The predicted octanol–water partition coefficient (Wildman–Crippen LogP) is 2.37. The lowest BCUT2D eigenvalue weighted by Gasteiger charge is -2.16. The summed E-state index contributed by atoms with van der Waals surface area (Å²) in [5, 5.41) is 2.65.